The third-order valence-corrected chi connectivity index (χ3v) is 4.02. The molecule has 0 aliphatic heterocycles. The quantitative estimate of drug-likeness (QED) is 0.924. The van der Waals surface area contributed by atoms with Crippen molar-refractivity contribution in [3.63, 3.8) is 0 Å². The molecule has 0 aliphatic rings. The molecule has 0 spiro atoms. The molecule has 0 heterocycles. The highest BCUT2D eigenvalue weighted by molar-refractivity contribution is 5.56. The van der Waals surface area contributed by atoms with E-state index in [0.717, 1.165) is 16.8 Å². The van der Waals surface area contributed by atoms with Gasteiger partial charge in [-0.15, -0.1) is 0 Å². The highest BCUT2D eigenvalue weighted by Gasteiger charge is 2.19. The Hall–Kier alpha value is -1.87. The summed E-state index contributed by atoms with van der Waals surface area (Å²) in [6, 6.07) is 11.2. The molecule has 1 unspecified atom stereocenters. The van der Waals surface area contributed by atoms with E-state index in [1.165, 1.54) is 17.2 Å². The maximum absolute atomic E-state index is 13.6. The van der Waals surface area contributed by atoms with Crippen molar-refractivity contribution in [1.82, 2.24) is 0 Å². The first kappa shape index (κ1) is 15.5. The standard InChI is InChI=1S/C18H23FN2/c1-12-5-8-17(14(3)9-12)21(4)18(11-20)16-10-15(19)7-6-13(16)2/h5-10,18H,11,20H2,1-4H3. The lowest BCUT2D eigenvalue weighted by atomic mass is 9.98. The van der Waals surface area contributed by atoms with Crippen LogP contribution in [0.2, 0.25) is 0 Å². The topological polar surface area (TPSA) is 29.3 Å². The van der Waals surface area contributed by atoms with Crippen molar-refractivity contribution in [2.75, 3.05) is 18.5 Å². The molecule has 2 aromatic rings. The predicted molar refractivity (Wildman–Crippen MR) is 87.3 cm³/mol. The highest BCUT2D eigenvalue weighted by atomic mass is 19.1. The van der Waals surface area contributed by atoms with Crippen LogP contribution in [-0.2, 0) is 0 Å². The van der Waals surface area contributed by atoms with Crippen LogP contribution in [0.25, 0.3) is 0 Å². The van der Waals surface area contributed by atoms with E-state index >= 15 is 0 Å². The van der Waals surface area contributed by atoms with Crippen LogP contribution in [0.15, 0.2) is 36.4 Å². The fourth-order valence-electron chi connectivity index (χ4n) is 2.83. The summed E-state index contributed by atoms with van der Waals surface area (Å²) >= 11 is 0. The van der Waals surface area contributed by atoms with Crippen molar-refractivity contribution in [3.05, 3.63) is 64.5 Å². The fraction of sp³-hybridized carbons (Fsp3) is 0.333. The van der Waals surface area contributed by atoms with Gasteiger partial charge in [0.25, 0.3) is 0 Å². The molecule has 0 fully saturated rings. The van der Waals surface area contributed by atoms with Crippen LogP contribution in [0, 0.1) is 26.6 Å². The number of halogens is 1. The Morgan fingerprint density at radius 1 is 1.05 bits per heavy atom. The van der Waals surface area contributed by atoms with E-state index in [2.05, 4.69) is 36.9 Å². The average molecular weight is 286 g/mol. The van der Waals surface area contributed by atoms with Gasteiger partial charge in [0.1, 0.15) is 5.82 Å². The van der Waals surface area contributed by atoms with E-state index in [4.69, 9.17) is 5.73 Å². The molecule has 112 valence electrons. The van der Waals surface area contributed by atoms with E-state index in [1.54, 1.807) is 6.07 Å². The normalized spacial score (nSPS) is 12.3. The molecule has 2 nitrogen and oxygen atoms in total. The summed E-state index contributed by atoms with van der Waals surface area (Å²) in [4.78, 5) is 2.14. The van der Waals surface area contributed by atoms with Gasteiger partial charge in [0.05, 0.1) is 6.04 Å². The molecule has 2 aromatic carbocycles. The molecule has 0 amide bonds. The van der Waals surface area contributed by atoms with Gasteiger partial charge in [0.15, 0.2) is 0 Å². The number of benzene rings is 2. The first-order chi connectivity index (χ1) is 9.93. The second-order valence-electron chi connectivity index (χ2n) is 5.65. The molecule has 0 aliphatic carbocycles. The molecular formula is C18H23FN2. The van der Waals surface area contributed by atoms with Gasteiger partial charge >= 0.3 is 0 Å². The van der Waals surface area contributed by atoms with Crippen molar-refractivity contribution in [3.8, 4) is 0 Å². The van der Waals surface area contributed by atoms with Gasteiger partial charge in [0.2, 0.25) is 0 Å². The lowest BCUT2D eigenvalue weighted by molar-refractivity contribution is 0.613. The number of hydrogen-bond donors (Lipinski definition) is 1. The van der Waals surface area contributed by atoms with Gasteiger partial charge in [-0.05, 0) is 55.7 Å². The summed E-state index contributed by atoms with van der Waals surface area (Å²) in [6.45, 7) is 6.60. The molecule has 2 rings (SSSR count). The molecule has 0 saturated heterocycles. The van der Waals surface area contributed by atoms with Crippen LogP contribution in [0.4, 0.5) is 10.1 Å². The van der Waals surface area contributed by atoms with E-state index in [9.17, 15) is 4.39 Å². The Kier molecular flexibility index (Phi) is 4.63. The van der Waals surface area contributed by atoms with Gasteiger partial charge in [-0.2, -0.15) is 0 Å². The minimum Gasteiger partial charge on any atom is -0.366 e. The molecule has 2 N–H and O–H groups in total. The summed E-state index contributed by atoms with van der Waals surface area (Å²) in [5.74, 6) is -0.219. The number of rotatable bonds is 4. The second-order valence-corrected chi connectivity index (χ2v) is 5.65. The van der Waals surface area contributed by atoms with Crippen molar-refractivity contribution in [2.24, 2.45) is 5.73 Å². The number of anilines is 1. The minimum atomic E-state index is -0.219. The summed E-state index contributed by atoms with van der Waals surface area (Å²) in [5.41, 5.74) is 11.5. The Balaban J connectivity index is 2.43. The van der Waals surface area contributed by atoms with Gasteiger partial charge < -0.3 is 10.6 Å². The molecule has 3 heteroatoms. The zero-order valence-electron chi connectivity index (χ0n) is 13.2. The molecule has 0 radical (unpaired) electrons. The lowest BCUT2D eigenvalue weighted by Gasteiger charge is -2.32. The van der Waals surface area contributed by atoms with Crippen molar-refractivity contribution in [1.29, 1.82) is 0 Å². The minimum absolute atomic E-state index is 0.0397. The first-order valence-corrected chi connectivity index (χ1v) is 7.20. The molecular weight excluding hydrogens is 263 g/mol. The van der Waals surface area contributed by atoms with Gasteiger partial charge in [-0.25, -0.2) is 4.39 Å². The van der Waals surface area contributed by atoms with Crippen molar-refractivity contribution < 1.29 is 4.39 Å². The van der Waals surface area contributed by atoms with Crippen LogP contribution >= 0.6 is 0 Å². The van der Waals surface area contributed by atoms with Crippen LogP contribution in [-0.4, -0.2) is 13.6 Å². The summed E-state index contributed by atoms with van der Waals surface area (Å²) in [6.07, 6.45) is 0. The van der Waals surface area contributed by atoms with E-state index < -0.39 is 0 Å². The zero-order chi connectivity index (χ0) is 15.6. The first-order valence-electron chi connectivity index (χ1n) is 7.20. The SMILES string of the molecule is Cc1ccc(N(C)C(CN)c2cc(F)ccc2C)c(C)c1. The number of nitrogens with zero attached hydrogens (tertiary/aromatic N) is 1. The highest BCUT2D eigenvalue weighted by Crippen LogP contribution is 2.30. The van der Waals surface area contributed by atoms with E-state index in [0.29, 0.717) is 6.54 Å². The van der Waals surface area contributed by atoms with Crippen molar-refractivity contribution in [2.45, 2.75) is 26.8 Å². The largest absolute Gasteiger partial charge is 0.366 e. The zero-order valence-corrected chi connectivity index (χ0v) is 13.2. The molecule has 0 aromatic heterocycles. The Bertz CT molecular complexity index is 637. The van der Waals surface area contributed by atoms with Crippen LogP contribution < -0.4 is 10.6 Å². The Morgan fingerprint density at radius 3 is 2.38 bits per heavy atom. The van der Waals surface area contributed by atoms with E-state index in [-0.39, 0.29) is 11.9 Å². The average Bonchev–Trinajstić information content (AvgIpc) is 2.43. The Morgan fingerprint density at radius 2 is 1.76 bits per heavy atom. The predicted octanol–water partition coefficient (Wildman–Crippen LogP) is 3.89. The maximum atomic E-state index is 13.6. The third-order valence-electron chi connectivity index (χ3n) is 4.02. The lowest BCUT2D eigenvalue weighted by Crippen LogP contribution is -2.31. The summed E-state index contributed by atoms with van der Waals surface area (Å²) in [5, 5.41) is 0. The van der Waals surface area contributed by atoms with Crippen LogP contribution in [0.5, 0.6) is 0 Å². The molecule has 0 saturated carbocycles. The smallest absolute Gasteiger partial charge is 0.123 e. The molecule has 21 heavy (non-hydrogen) atoms. The number of nitrogens with two attached hydrogens (primary N) is 1. The molecule has 1 atom stereocenters. The summed E-state index contributed by atoms with van der Waals surface area (Å²) < 4.78 is 13.6. The van der Waals surface area contributed by atoms with Crippen LogP contribution in [0.3, 0.4) is 0 Å². The Labute approximate surface area is 126 Å². The monoisotopic (exact) mass is 286 g/mol. The van der Waals surface area contributed by atoms with E-state index in [1.807, 2.05) is 20.0 Å². The van der Waals surface area contributed by atoms with Crippen molar-refractivity contribution >= 4 is 5.69 Å². The number of hydrogen-bond acceptors (Lipinski definition) is 2. The fourth-order valence-corrected chi connectivity index (χ4v) is 2.83. The maximum Gasteiger partial charge on any atom is 0.123 e. The van der Waals surface area contributed by atoms with Gasteiger partial charge in [-0.3, -0.25) is 0 Å². The van der Waals surface area contributed by atoms with Gasteiger partial charge in [-0.1, -0.05) is 23.8 Å². The number of likely N-dealkylation sites (N-methyl/N-ethyl adjacent to an activating group) is 1. The summed E-state index contributed by atoms with van der Waals surface area (Å²) in [7, 11) is 2.01. The number of aryl methyl sites for hydroxylation is 3. The third kappa shape index (κ3) is 3.24. The molecule has 0 bridgehead atoms. The van der Waals surface area contributed by atoms with Crippen LogP contribution in [0.1, 0.15) is 28.3 Å². The second kappa shape index (κ2) is 6.27. The van der Waals surface area contributed by atoms with Gasteiger partial charge in [0, 0.05) is 19.3 Å².